The van der Waals surface area contributed by atoms with Crippen LogP contribution >= 0.6 is 11.8 Å². The first-order valence-electron chi connectivity index (χ1n) is 9.16. The lowest BCUT2D eigenvalue weighted by atomic mass is 10.2. The quantitative estimate of drug-likeness (QED) is 0.559. The van der Waals surface area contributed by atoms with Crippen LogP contribution in [0, 0.1) is 6.92 Å². The van der Waals surface area contributed by atoms with E-state index in [1.54, 1.807) is 49.0 Å². The minimum Gasteiger partial charge on any atom is -0.494 e. The van der Waals surface area contributed by atoms with Gasteiger partial charge in [0.05, 0.1) is 12.4 Å². The predicted molar refractivity (Wildman–Crippen MR) is 115 cm³/mol. The summed E-state index contributed by atoms with van der Waals surface area (Å²) in [6, 6.07) is 12.6. The number of amides is 2. The van der Waals surface area contributed by atoms with Crippen molar-refractivity contribution in [1.29, 1.82) is 0 Å². The van der Waals surface area contributed by atoms with Crippen molar-refractivity contribution in [3.63, 3.8) is 0 Å². The van der Waals surface area contributed by atoms with Gasteiger partial charge in [-0.05, 0) is 66.7 Å². The van der Waals surface area contributed by atoms with E-state index in [1.165, 1.54) is 18.7 Å². The van der Waals surface area contributed by atoms with Crippen LogP contribution in [-0.2, 0) is 9.59 Å². The normalized spacial score (nSPS) is 11.6. The average Bonchev–Trinajstić information content (AvgIpc) is 3.14. The first-order valence-corrected chi connectivity index (χ1v) is 10.0. The molecule has 0 aliphatic heterocycles. The molecule has 0 aliphatic rings. The third kappa shape index (κ3) is 5.15. The fourth-order valence-electron chi connectivity index (χ4n) is 2.71. The molecule has 9 nitrogen and oxygen atoms in total. The van der Waals surface area contributed by atoms with Crippen molar-refractivity contribution in [1.82, 2.24) is 20.2 Å². The molecule has 3 rings (SSSR count). The highest BCUT2D eigenvalue weighted by Gasteiger charge is 2.17. The molecule has 0 aliphatic carbocycles. The van der Waals surface area contributed by atoms with Crippen LogP contribution in [0.25, 0.3) is 5.69 Å². The average molecular weight is 427 g/mol. The third-order valence-corrected chi connectivity index (χ3v) is 5.27. The number of anilines is 2. The number of hydrogen-bond acceptors (Lipinski definition) is 7. The number of benzene rings is 2. The molecule has 2 amide bonds. The van der Waals surface area contributed by atoms with Gasteiger partial charge in [-0.1, -0.05) is 0 Å². The molecule has 2 aromatic carbocycles. The summed E-state index contributed by atoms with van der Waals surface area (Å²) < 4.78 is 6.93. The number of carbonyl (C=O) groups excluding carboxylic acids is 2. The molecule has 1 aromatic heterocycles. The second kappa shape index (κ2) is 9.40. The lowest BCUT2D eigenvalue weighted by molar-refractivity contribution is -0.115. The molecule has 3 aromatic rings. The summed E-state index contributed by atoms with van der Waals surface area (Å²) in [6.07, 6.45) is 0. The standard InChI is InChI=1S/C20H22N6O3S/c1-12(30-17-8-5-15(6-9-17)21-14(3)27)20(28)22-16-7-10-19(29-4)18(11-16)26-13(2)23-24-25-26/h5-12H,1-4H3,(H,21,27)(H,22,28). The van der Waals surface area contributed by atoms with Gasteiger partial charge in [-0.2, -0.15) is 4.68 Å². The monoisotopic (exact) mass is 426 g/mol. The number of rotatable bonds is 7. The number of nitrogens with one attached hydrogen (secondary N) is 2. The lowest BCUT2D eigenvalue weighted by Gasteiger charge is -2.14. The van der Waals surface area contributed by atoms with Gasteiger partial charge >= 0.3 is 0 Å². The van der Waals surface area contributed by atoms with Crippen LogP contribution in [0.3, 0.4) is 0 Å². The Morgan fingerprint density at radius 3 is 2.40 bits per heavy atom. The molecule has 0 spiro atoms. The molecule has 0 fully saturated rings. The van der Waals surface area contributed by atoms with E-state index >= 15 is 0 Å². The number of nitrogens with zero attached hydrogens (tertiary/aromatic N) is 4. The van der Waals surface area contributed by atoms with Gasteiger partial charge in [-0.25, -0.2) is 0 Å². The summed E-state index contributed by atoms with van der Waals surface area (Å²) in [5, 5.41) is 16.8. The van der Waals surface area contributed by atoms with Crippen molar-refractivity contribution < 1.29 is 14.3 Å². The maximum absolute atomic E-state index is 12.7. The van der Waals surface area contributed by atoms with E-state index in [4.69, 9.17) is 4.74 Å². The number of aryl methyl sites for hydroxylation is 1. The Labute approximate surface area is 178 Å². The zero-order valence-electron chi connectivity index (χ0n) is 17.0. The molecule has 0 saturated carbocycles. The van der Waals surface area contributed by atoms with Gasteiger partial charge in [0.25, 0.3) is 0 Å². The first-order chi connectivity index (χ1) is 14.4. The highest BCUT2D eigenvalue weighted by molar-refractivity contribution is 8.00. The summed E-state index contributed by atoms with van der Waals surface area (Å²) in [5.41, 5.74) is 1.96. The Balaban J connectivity index is 1.69. The van der Waals surface area contributed by atoms with Crippen molar-refractivity contribution in [3.05, 3.63) is 48.3 Å². The second-order valence-electron chi connectivity index (χ2n) is 6.48. The summed E-state index contributed by atoms with van der Waals surface area (Å²) in [6.45, 7) is 5.07. The van der Waals surface area contributed by atoms with Gasteiger partial charge in [0, 0.05) is 23.2 Å². The molecule has 0 bridgehead atoms. The predicted octanol–water partition coefficient (Wildman–Crippen LogP) is 3.06. The Kier molecular flexibility index (Phi) is 6.68. The zero-order valence-corrected chi connectivity index (χ0v) is 17.9. The number of tetrazole rings is 1. The van der Waals surface area contributed by atoms with E-state index in [-0.39, 0.29) is 17.1 Å². The van der Waals surface area contributed by atoms with Crippen molar-refractivity contribution >= 4 is 35.0 Å². The van der Waals surface area contributed by atoms with Gasteiger partial charge in [-0.15, -0.1) is 16.9 Å². The van der Waals surface area contributed by atoms with Gasteiger partial charge < -0.3 is 15.4 Å². The molecule has 1 unspecified atom stereocenters. The van der Waals surface area contributed by atoms with Crippen molar-refractivity contribution in [2.24, 2.45) is 0 Å². The molecule has 0 saturated heterocycles. The maximum Gasteiger partial charge on any atom is 0.237 e. The first kappa shape index (κ1) is 21.3. The van der Waals surface area contributed by atoms with E-state index < -0.39 is 0 Å². The molecule has 0 radical (unpaired) electrons. The zero-order chi connectivity index (χ0) is 21.7. The topological polar surface area (TPSA) is 111 Å². The van der Waals surface area contributed by atoms with Gasteiger partial charge in [-0.3, -0.25) is 9.59 Å². The van der Waals surface area contributed by atoms with Crippen LogP contribution in [0.5, 0.6) is 5.75 Å². The molecule has 1 atom stereocenters. The van der Waals surface area contributed by atoms with Crippen LogP contribution in [0.4, 0.5) is 11.4 Å². The van der Waals surface area contributed by atoms with Crippen molar-refractivity contribution in [3.8, 4) is 11.4 Å². The second-order valence-corrected chi connectivity index (χ2v) is 7.89. The molecule has 156 valence electrons. The van der Waals surface area contributed by atoms with Gasteiger partial charge in [0.1, 0.15) is 11.4 Å². The summed E-state index contributed by atoms with van der Waals surface area (Å²) in [7, 11) is 1.56. The number of thioether (sulfide) groups is 1. The summed E-state index contributed by atoms with van der Waals surface area (Å²) >= 11 is 1.42. The number of hydrogen-bond donors (Lipinski definition) is 2. The van der Waals surface area contributed by atoms with Crippen LogP contribution in [-0.4, -0.2) is 44.4 Å². The highest BCUT2D eigenvalue weighted by Crippen LogP contribution is 2.28. The number of aromatic nitrogens is 4. The fraction of sp³-hybridized carbons (Fsp3) is 0.250. The molecule has 1 heterocycles. The maximum atomic E-state index is 12.7. The van der Waals surface area contributed by atoms with Gasteiger partial charge in [0.15, 0.2) is 5.82 Å². The fourth-order valence-corrected chi connectivity index (χ4v) is 3.58. The van der Waals surface area contributed by atoms with Crippen molar-refractivity contribution in [2.75, 3.05) is 17.7 Å². The number of carbonyl (C=O) groups is 2. The highest BCUT2D eigenvalue weighted by atomic mass is 32.2. The van der Waals surface area contributed by atoms with Crippen LogP contribution < -0.4 is 15.4 Å². The van der Waals surface area contributed by atoms with E-state index in [0.29, 0.717) is 28.6 Å². The Morgan fingerprint density at radius 1 is 1.10 bits per heavy atom. The van der Waals surface area contributed by atoms with E-state index in [2.05, 4.69) is 26.2 Å². The van der Waals surface area contributed by atoms with Crippen LogP contribution in [0.15, 0.2) is 47.4 Å². The van der Waals surface area contributed by atoms with E-state index in [1.807, 2.05) is 19.1 Å². The minimum atomic E-state index is -0.336. The smallest absolute Gasteiger partial charge is 0.237 e. The molecular weight excluding hydrogens is 404 g/mol. The van der Waals surface area contributed by atoms with Gasteiger partial charge in [0.2, 0.25) is 11.8 Å². The minimum absolute atomic E-state index is 0.126. The van der Waals surface area contributed by atoms with E-state index in [9.17, 15) is 9.59 Å². The summed E-state index contributed by atoms with van der Waals surface area (Å²) in [4.78, 5) is 24.7. The Bertz CT molecular complexity index is 1050. The Hall–Kier alpha value is -3.40. The number of ether oxygens (including phenoxy) is 1. The lowest BCUT2D eigenvalue weighted by Crippen LogP contribution is -2.22. The number of methoxy groups -OCH3 is 1. The molecule has 30 heavy (non-hydrogen) atoms. The molecular formula is C20H22N6O3S. The van der Waals surface area contributed by atoms with Crippen LogP contribution in [0.2, 0.25) is 0 Å². The largest absolute Gasteiger partial charge is 0.494 e. The molecule has 10 heteroatoms. The molecule has 2 N–H and O–H groups in total. The third-order valence-electron chi connectivity index (χ3n) is 4.16. The SMILES string of the molecule is COc1ccc(NC(=O)C(C)Sc2ccc(NC(C)=O)cc2)cc1-n1nnnc1C. The Morgan fingerprint density at radius 2 is 1.80 bits per heavy atom. The summed E-state index contributed by atoms with van der Waals surface area (Å²) in [5.74, 6) is 0.919. The van der Waals surface area contributed by atoms with E-state index in [0.717, 1.165) is 4.90 Å². The van der Waals surface area contributed by atoms with Crippen molar-refractivity contribution in [2.45, 2.75) is 30.9 Å². The van der Waals surface area contributed by atoms with Crippen LogP contribution in [0.1, 0.15) is 19.7 Å².